The number of hydrogen-bond donors (Lipinski definition) is 2. The van der Waals surface area contributed by atoms with Crippen LogP contribution in [0.25, 0.3) is 0 Å². The van der Waals surface area contributed by atoms with Gasteiger partial charge in [0.2, 0.25) is 5.91 Å². The molecular weight excluding hydrogens is 328 g/mol. The van der Waals surface area contributed by atoms with Crippen LogP contribution in [0.4, 0.5) is 5.69 Å². The monoisotopic (exact) mass is 346 g/mol. The van der Waals surface area contributed by atoms with Gasteiger partial charge in [-0.15, -0.1) is 0 Å². The van der Waals surface area contributed by atoms with E-state index in [4.69, 9.17) is 5.73 Å². The average molecular weight is 347 g/mol. The topological polar surface area (TPSA) is 55.1 Å². The Morgan fingerprint density at radius 2 is 1.90 bits per heavy atom. The molecule has 0 aliphatic heterocycles. The number of benzene rings is 2. The van der Waals surface area contributed by atoms with Crippen molar-refractivity contribution in [3.8, 4) is 0 Å². The molecule has 0 aromatic heterocycles. The zero-order valence-electron chi connectivity index (χ0n) is 12.0. The van der Waals surface area contributed by atoms with Gasteiger partial charge in [0.25, 0.3) is 0 Å². The zero-order valence-corrected chi connectivity index (χ0v) is 13.6. The standard InChI is InChI=1S/C17H19BrN2O/c1-2-11-17(16(19)21,13-7-4-3-5-8-13)20-15-10-6-9-14(18)12-15/h3-10,12,20H,2,11H2,1H3,(H2,19,21). The van der Waals surface area contributed by atoms with Gasteiger partial charge in [-0.2, -0.15) is 0 Å². The summed E-state index contributed by atoms with van der Waals surface area (Å²) in [5.41, 5.74) is 6.62. The number of halogens is 1. The summed E-state index contributed by atoms with van der Waals surface area (Å²) in [4.78, 5) is 12.2. The van der Waals surface area contributed by atoms with Crippen LogP contribution in [-0.4, -0.2) is 5.91 Å². The Morgan fingerprint density at radius 3 is 2.48 bits per heavy atom. The summed E-state index contributed by atoms with van der Waals surface area (Å²) < 4.78 is 0.954. The van der Waals surface area contributed by atoms with Gasteiger partial charge in [0.05, 0.1) is 0 Å². The van der Waals surface area contributed by atoms with E-state index < -0.39 is 5.54 Å². The average Bonchev–Trinajstić information content (AvgIpc) is 2.47. The summed E-state index contributed by atoms with van der Waals surface area (Å²) in [7, 11) is 0. The molecule has 0 heterocycles. The summed E-state index contributed by atoms with van der Waals surface area (Å²) in [5, 5.41) is 3.35. The Morgan fingerprint density at radius 1 is 1.19 bits per heavy atom. The number of carbonyl (C=O) groups is 1. The lowest BCUT2D eigenvalue weighted by Crippen LogP contribution is -2.47. The molecule has 0 fully saturated rings. The van der Waals surface area contributed by atoms with E-state index in [0.717, 1.165) is 22.1 Å². The van der Waals surface area contributed by atoms with E-state index in [1.807, 2.05) is 61.5 Å². The summed E-state index contributed by atoms with van der Waals surface area (Å²) in [6.07, 6.45) is 1.48. The summed E-state index contributed by atoms with van der Waals surface area (Å²) in [6.45, 7) is 2.04. The molecule has 110 valence electrons. The second-order valence-corrected chi connectivity index (χ2v) is 5.94. The molecule has 0 radical (unpaired) electrons. The maximum absolute atomic E-state index is 12.2. The molecule has 1 atom stereocenters. The third-order valence-electron chi connectivity index (χ3n) is 3.49. The molecule has 0 aliphatic rings. The Bertz CT molecular complexity index is 615. The minimum absolute atomic E-state index is 0.365. The Labute approximate surface area is 133 Å². The molecule has 0 saturated carbocycles. The summed E-state index contributed by atoms with van der Waals surface area (Å²) in [6, 6.07) is 17.4. The fraction of sp³-hybridized carbons (Fsp3) is 0.235. The highest BCUT2D eigenvalue weighted by Crippen LogP contribution is 2.31. The lowest BCUT2D eigenvalue weighted by molar-refractivity contribution is -0.122. The number of hydrogen-bond acceptors (Lipinski definition) is 2. The molecule has 1 unspecified atom stereocenters. The third-order valence-corrected chi connectivity index (χ3v) is 3.99. The van der Waals surface area contributed by atoms with Crippen LogP contribution in [0.1, 0.15) is 25.3 Å². The van der Waals surface area contributed by atoms with Crippen molar-refractivity contribution in [2.45, 2.75) is 25.3 Å². The van der Waals surface area contributed by atoms with E-state index in [1.54, 1.807) is 0 Å². The summed E-state index contributed by atoms with van der Waals surface area (Å²) >= 11 is 3.45. The second kappa shape index (κ2) is 6.76. The van der Waals surface area contributed by atoms with Crippen molar-refractivity contribution in [3.63, 3.8) is 0 Å². The summed E-state index contributed by atoms with van der Waals surface area (Å²) in [5.74, 6) is -0.365. The van der Waals surface area contributed by atoms with Gasteiger partial charge >= 0.3 is 0 Å². The van der Waals surface area contributed by atoms with Gasteiger partial charge in [0.15, 0.2) is 0 Å². The molecule has 4 heteroatoms. The first-order valence-corrected chi connectivity index (χ1v) is 7.77. The van der Waals surface area contributed by atoms with Crippen LogP contribution in [0.3, 0.4) is 0 Å². The number of carbonyl (C=O) groups excluding carboxylic acids is 1. The number of anilines is 1. The van der Waals surface area contributed by atoms with Crippen LogP contribution < -0.4 is 11.1 Å². The van der Waals surface area contributed by atoms with Crippen molar-refractivity contribution >= 4 is 27.5 Å². The predicted molar refractivity (Wildman–Crippen MR) is 90.0 cm³/mol. The number of rotatable bonds is 6. The number of amides is 1. The smallest absolute Gasteiger partial charge is 0.247 e. The molecular formula is C17H19BrN2O. The molecule has 0 spiro atoms. The van der Waals surface area contributed by atoms with E-state index in [9.17, 15) is 4.79 Å². The Hall–Kier alpha value is -1.81. The lowest BCUT2D eigenvalue weighted by atomic mass is 9.84. The van der Waals surface area contributed by atoms with Gasteiger partial charge in [0.1, 0.15) is 5.54 Å². The van der Waals surface area contributed by atoms with Crippen LogP contribution in [0.15, 0.2) is 59.1 Å². The van der Waals surface area contributed by atoms with Gasteiger partial charge in [-0.1, -0.05) is 65.7 Å². The van der Waals surface area contributed by atoms with E-state index in [2.05, 4.69) is 21.2 Å². The van der Waals surface area contributed by atoms with Crippen molar-refractivity contribution in [2.24, 2.45) is 5.73 Å². The van der Waals surface area contributed by atoms with Crippen molar-refractivity contribution in [3.05, 3.63) is 64.6 Å². The highest BCUT2D eigenvalue weighted by Gasteiger charge is 2.37. The van der Waals surface area contributed by atoms with E-state index in [0.29, 0.717) is 6.42 Å². The van der Waals surface area contributed by atoms with Gasteiger partial charge in [0, 0.05) is 10.2 Å². The van der Waals surface area contributed by atoms with Crippen molar-refractivity contribution < 1.29 is 4.79 Å². The molecule has 2 rings (SSSR count). The van der Waals surface area contributed by atoms with Gasteiger partial charge in [-0.25, -0.2) is 0 Å². The molecule has 3 N–H and O–H groups in total. The van der Waals surface area contributed by atoms with Gasteiger partial charge in [-0.3, -0.25) is 4.79 Å². The molecule has 2 aromatic rings. The van der Waals surface area contributed by atoms with Gasteiger partial charge in [-0.05, 0) is 30.2 Å². The molecule has 21 heavy (non-hydrogen) atoms. The third kappa shape index (κ3) is 3.45. The second-order valence-electron chi connectivity index (χ2n) is 5.02. The van der Waals surface area contributed by atoms with Gasteiger partial charge < -0.3 is 11.1 Å². The minimum Gasteiger partial charge on any atom is -0.368 e. The van der Waals surface area contributed by atoms with Crippen LogP contribution in [0.2, 0.25) is 0 Å². The molecule has 3 nitrogen and oxygen atoms in total. The van der Waals surface area contributed by atoms with E-state index >= 15 is 0 Å². The number of nitrogens with one attached hydrogen (secondary N) is 1. The van der Waals surface area contributed by atoms with Crippen LogP contribution >= 0.6 is 15.9 Å². The number of nitrogens with two attached hydrogens (primary N) is 1. The molecule has 0 aliphatic carbocycles. The van der Waals surface area contributed by atoms with Crippen molar-refractivity contribution in [1.82, 2.24) is 0 Å². The fourth-order valence-corrected chi connectivity index (χ4v) is 2.92. The number of primary amides is 1. The zero-order chi connectivity index (χ0) is 15.3. The molecule has 0 bridgehead atoms. The van der Waals surface area contributed by atoms with Crippen LogP contribution in [0, 0.1) is 0 Å². The Kier molecular flexibility index (Phi) is 5.02. The fourth-order valence-electron chi connectivity index (χ4n) is 2.52. The first-order valence-electron chi connectivity index (χ1n) is 6.97. The first kappa shape index (κ1) is 15.6. The highest BCUT2D eigenvalue weighted by atomic mass is 79.9. The molecule has 2 aromatic carbocycles. The maximum atomic E-state index is 12.2. The highest BCUT2D eigenvalue weighted by molar-refractivity contribution is 9.10. The molecule has 0 saturated heterocycles. The minimum atomic E-state index is -0.892. The normalized spacial score (nSPS) is 13.4. The Balaban J connectivity index is 2.47. The predicted octanol–water partition coefficient (Wildman–Crippen LogP) is 4.04. The first-order chi connectivity index (χ1) is 10.1. The van der Waals surface area contributed by atoms with E-state index in [1.165, 1.54) is 0 Å². The van der Waals surface area contributed by atoms with Crippen LogP contribution in [0.5, 0.6) is 0 Å². The van der Waals surface area contributed by atoms with Crippen molar-refractivity contribution in [2.75, 3.05) is 5.32 Å². The van der Waals surface area contributed by atoms with E-state index in [-0.39, 0.29) is 5.91 Å². The van der Waals surface area contributed by atoms with Crippen molar-refractivity contribution in [1.29, 1.82) is 0 Å². The SMILES string of the molecule is CCCC(Nc1cccc(Br)c1)(C(N)=O)c1ccccc1. The largest absolute Gasteiger partial charge is 0.368 e. The lowest BCUT2D eigenvalue weighted by Gasteiger charge is -2.33. The van der Waals surface area contributed by atoms with Crippen LogP contribution in [-0.2, 0) is 10.3 Å². The maximum Gasteiger partial charge on any atom is 0.247 e. The molecule has 1 amide bonds. The quantitative estimate of drug-likeness (QED) is 0.829.